The molecule has 0 aromatic heterocycles. The molecule has 0 spiro atoms. The molecule has 6 nitrogen and oxygen atoms in total. The molecule has 0 radical (unpaired) electrons. The highest BCUT2D eigenvalue weighted by atomic mass is 16.6. The van der Waals surface area contributed by atoms with E-state index in [0.29, 0.717) is 0 Å². The Kier molecular flexibility index (Phi) is 4.75. The largest absolute Gasteiger partial charge is 0.438 e. The Labute approximate surface area is 69.0 Å². The summed E-state index contributed by atoms with van der Waals surface area (Å²) in [5, 5.41) is 34.2. The molecule has 4 N–H and O–H groups in total. The Morgan fingerprint density at radius 1 is 1.08 bits per heavy atom. The van der Waals surface area contributed by atoms with Crippen molar-refractivity contribution in [3.05, 3.63) is 0 Å². The molecular formula is C6H12O6. The molecule has 0 aliphatic rings. The Bertz CT molecular complexity index is 133. The highest BCUT2D eigenvalue weighted by Gasteiger charge is 2.38. The molecule has 6 heteroatoms. The maximum absolute atomic E-state index is 10.9. The second kappa shape index (κ2) is 5.04. The van der Waals surface area contributed by atoms with Gasteiger partial charge in [-0.1, -0.05) is 0 Å². The van der Waals surface area contributed by atoms with E-state index in [-0.39, 0.29) is 0 Å². The highest BCUT2D eigenvalue weighted by Crippen LogP contribution is 2.16. The maximum atomic E-state index is 10.9. The van der Waals surface area contributed by atoms with Gasteiger partial charge in [0.25, 0.3) is 0 Å². The molecular weight excluding hydrogens is 168 g/mol. The number of carbonyl (C=O) groups is 1. The average Bonchev–Trinajstić information content (AvgIpc) is 2.09. The van der Waals surface area contributed by atoms with Crippen molar-refractivity contribution in [2.75, 3.05) is 26.6 Å². The Morgan fingerprint density at radius 2 is 1.50 bits per heavy atom. The molecule has 0 fully saturated rings. The zero-order valence-electron chi connectivity index (χ0n) is 6.43. The zero-order valence-corrected chi connectivity index (χ0v) is 6.43. The minimum absolute atomic E-state index is 0.737. The molecule has 72 valence electrons. The van der Waals surface area contributed by atoms with Crippen LogP contribution in [-0.4, -0.2) is 53.0 Å². The fourth-order valence-electron chi connectivity index (χ4n) is 0.555. The monoisotopic (exact) mass is 180 g/mol. The van der Waals surface area contributed by atoms with Crippen LogP contribution in [0, 0.1) is 5.41 Å². The van der Waals surface area contributed by atoms with Crippen LogP contribution in [0.15, 0.2) is 0 Å². The van der Waals surface area contributed by atoms with Gasteiger partial charge in [0.15, 0.2) is 6.79 Å². The standard InChI is InChI=1S/C6H12O6/c7-1-6(2-8,3-9)5(11)12-4-10/h7-10H,1-4H2. The van der Waals surface area contributed by atoms with E-state index in [0.717, 1.165) is 0 Å². The van der Waals surface area contributed by atoms with E-state index in [4.69, 9.17) is 20.4 Å². The molecule has 0 aromatic rings. The lowest BCUT2D eigenvalue weighted by Crippen LogP contribution is -2.43. The van der Waals surface area contributed by atoms with Crippen LogP contribution in [0.2, 0.25) is 0 Å². The van der Waals surface area contributed by atoms with Crippen molar-refractivity contribution in [3.8, 4) is 0 Å². The smallest absolute Gasteiger partial charge is 0.321 e. The first-order chi connectivity index (χ1) is 5.66. The third kappa shape index (κ3) is 2.15. The maximum Gasteiger partial charge on any atom is 0.321 e. The average molecular weight is 180 g/mol. The molecule has 0 aromatic carbocycles. The van der Waals surface area contributed by atoms with Gasteiger partial charge in [0.05, 0.1) is 19.8 Å². The Balaban J connectivity index is 4.36. The number of aliphatic hydroxyl groups is 4. The first-order valence-corrected chi connectivity index (χ1v) is 3.27. The van der Waals surface area contributed by atoms with Gasteiger partial charge in [-0.3, -0.25) is 4.79 Å². The minimum atomic E-state index is -1.72. The first kappa shape index (κ1) is 11.3. The van der Waals surface area contributed by atoms with Crippen LogP contribution in [0.3, 0.4) is 0 Å². The van der Waals surface area contributed by atoms with Gasteiger partial charge in [0.2, 0.25) is 0 Å². The third-order valence-electron chi connectivity index (χ3n) is 1.54. The van der Waals surface area contributed by atoms with Crippen molar-refractivity contribution in [1.29, 1.82) is 0 Å². The van der Waals surface area contributed by atoms with Crippen LogP contribution < -0.4 is 0 Å². The number of ether oxygens (including phenoxy) is 1. The van der Waals surface area contributed by atoms with Gasteiger partial charge in [-0.05, 0) is 0 Å². The number of carbonyl (C=O) groups excluding carboxylic acids is 1. The number of rotatable bonds is 5. The van der Waals surface area contributed by atoms with Crippen molar-refractivity contribution in [2.45, 2.75) is 0 Å². The SMILES string of the molecule is O=C(OCO)C(CO)(CO)CO. The van der Waals surface area contributed by atoms with E-state index in [1.54, 1.807) is 0 Å². The minimum Gasteiger partial charge on any atom is -0.438 e. The normalized spacial score (nSPS) is 11.3. The van der Waals surface area contributed by atoms with E-state index in [2.05, 4.69) is 4.74 Å². The summed E-state index contributed by atoms with van der Waals surface area (Å²) in [6.45, 7) is -3.06. The predicted molar refractivity (Wildman–Crippen MR) is 36.9 cm³/mol. The first-order valence-electron chi connectivity index (χ1n) is 3.27. The number of esters is 1. The molecule has 0 atom stereocenters. The van der Waals surface area contributed by atoms with Crippen LogP contribution in [0.4, 0.5) is 0 Å². The summed E-state index contributed by atoms with van der Waals surface area (Å²) in [4.78, 5) is 10.9. The molecule has 0 heterocycles. The topological polar surface area (TPSA) is 107 Å². The summed E-state index contributed by atoms with van der Waals surface area (Å²) in [5.41, 5.74) is -1.72. The zero-order chi connectivity index (χ0) is 9.61. The fraction of sp³-hybridized carbons (Fsp3) is 0.833. The summed E-state index contributed by atoms with van der Waals surface area (Å²) in [6.07, 6.45) is 0. The molecule has 0 saturated heterocycles. The molecule has 0 aliphatic heterocycles. The summed E-state index contributed by atoms with van der Waals surface area (Å²) in [6, 6.07) is 0. The van der Waals surface area contributed by atoms with Gasteiger partial charge < -0.3 is 25.2 Å². The van der Waals surface area contributed by atoms with Gasteiger partial charge in [-0.25, -0.2) is 0 Å². The van der Waals surface area contributed by atoms with Gasteiger partial charge in [0, 0.05) is 0 Å². The van der Waals surface area contributed by atoms with Crippen molar-refractivity contribution in [1.82, 2.24) is 0 Å². The quantitative estimate of drug-likeness (QED) is 0.274. The van der Waals surface area contributed by atoms with Crippen LogP contribution in [0.25, 0.3) is 0 Å². The van der Waals surface area contributed by atoms with Crippen LogP contribution >= 0.6 is 0 Å². The molecule has 0 saturated carbocycles. The highest BCUT2D eigenvalue weighted by molar-refractivity contribution is 5.77. The summed E-state index contributed by atoms with van der Waals surface area (Å²) in [7, 11) is 0. The Hall–Kier alpha value is -0.690. The van der Waals surface area contributed by atoms with Gasteiger partial charge in [-0.15, -0.1) is 0 Å². The fourth-order valence-corrected chi connectivity index (χ4v) is 0.555. The Morgan fingerprint density at radius 3 is 1.75 bits per heavy atom. The van der Waals surface area contributed by atoms with Crippen molar-refractivity contribution < 1.29 is 30.0 Å². The molecule has 0 unspecified atom stereocenters. The molecule has 0 rings (SSSR count). The van der Waals surface area contributed by atoms with E-state index < -0.39 is 38.0 Å². The predicted octanol–water partition coefficient (Wildman–Crippen LogP) is -2.56. The second-order valence-corrected chi connectivity index (χ2v) is 2.32. The van der Waals surface area contributed by atoms with E-state index in [1.807, 2.05) is 0 Å². The third-order valence-corrected chi connectivity index (χ3v) is 1.54. The molecule has 0 bridgehead atoms. The van der Waals surface area contributed by atoms with Gasteiger partial charge >= 0.3 is 5.97 Å². The van der Waals surface area contributed by atoms with Crippen molar-refractivity contribution in [2.24, 2.45) is 5.41 Å². The molecule has 0 aliphatic carbocycles. The van der Waals surface area contributed by atoms with Crippen molar-refractivity contribution in [3.63, 3.8) is 0 Å². The van der Waals surface area contributed by atoms with Crippen LogP contribution in [-0.2, 0) is 9.53 Å². The van der Waals surface area contributed by atoms with E-state index in [1.165, 1.54) is 0 Å². The van der Waals surface area contributed by atoms with Crippen molar-refractivity contribution >= 4 is 5.97 Å². The van der Waals surface area contributed by atoms with E-state index >= 15 is 0 Å². The lowest BCUT2D eigenvalue weighted by atomic mass is 9.92. The van der Waals surface area contributed by atoms with Crippen LogP contribution in [0.1, 0.15) is 0 Å². The number of aliphatic hydroxyl groups excluding tert-OH is 4. The lowest BCUT2D eigenvalue weighted by molar-refractivity contribution is -0.173. The number of hydrogen-bond donors (Lipinski definition) is 4. The van der Waals surface area contributed by atoms with Gasteiger partial charge in [-0.2, -0.15) is 0 Å². The summed E-state index contributed by atoms with van der Waals surface area (Å²) in [5.74, 6) is -1.03. The lowest BCUT2D eigenvalue weighted by Gasteiger charge is -2.23. The molecule has 0 amide bonds. The summed E-state index contributed by atoms with van der Waals surface area (Å²) < 4.78 is 4.12. The van der Waals surface area contributed by atoms with Gasteiger partial charge in [0.1, 0.15) is 5.41 Å². The summed E-state index contributed by atoms with van der Waals surface area (Å²) >= 11 is 0. The number of hydrogen-bond acceptors (Lipinski definition) is 6. The molecule has 12 heavy (non-hydrogen) atoms. The van der Waals surface area contributed by atoms with Crippen LogP contribution in [0.5, 0.6) is 0 Å². The van der Waals surface area contributed by atoms with E-state index in [9.17, 15) is 4.79 Å². The second-order valence-electron chi connectivity index (χ2n) is 2.32.